The molecule has 0 bridgehead atoms. The third-order valence-electron chi connectivity index (χ3n) is 1.97. The number of hydrogen-bond donors (Lipinski definition) is 5. The predicted octanol–water partition coefficient (Wildman–Crippen LogP) is -0.267. The zero-order valence-electron chi connectivity index (χ0n) is 9.25. The number of amides is 2. The van der Waals surface area contributed by atoms with Crippen LogP contribution in [-0.4, -0.2) is 33.8 Å². The number of phenols is 2. The van der Waals surface area contributed by atoms with Crippen molar-refractivity contribution in [2.24, 2.45) is 0 Å². The van der Waals surface area contributed by atoms with Crippen LogP contribution in [0.3, 0.4) is 0 Å². The van der Waals surface area contributed by atoms with E-state index < -0.39 is 11.8 Å². The second-order valence-corrected chi connectivity index (χ2v) is 3.33. The van der Waals surface area contributed by atoms with E-state index in [0.29, 0.717) is 5.56 Å². The third kappa shape index (κ3) is 4.14. The van der Waals surface area contributed by atoms with Crippen molar-refractivity contribution < 1.29 is 25.0 Å². The summed E-state index contributed by atoms with van der Waals surface area (Å²) < 4.78 is 0. The average Bonchev–Trinajstić information content (AvgIpc) is 2.37. The van der Waals surface area contributed by atoms with Crippen LogP contribution in [-0.2, 0) is 9.59 Å². The average molecular weight is 252 g/mol. The molecule has 0 atom stereocenters. The fraction of sp³-hybridized carbons (Fsp3) is 0.0909. The zero-order chi connectivity index (χ0) is 13.5. The Hall–Kier alpha value is -2.54. The fourth-order valence-electron chi connectivity index (χ4n) is 1.08. The van der Waals surface area contributed by atoms with Crippen molar-refractivity contribution in [1.29, 1.82) is 0 Å². The summed E-state index contributed by atoms with van der Waals surface area (Å²) in [6.45, 7) is -0.347. The van der Waals surface area contributed by atoms with Gasteiger partial charge >= 0.3 is 0 Å². The van der Waals surface area contributed by atoms with E-state index in [9.17, 15) is 14.7 Å². The van der Waals surface area contributed by atoms with Gasteiger partial charge in [-0.1, -0.05) is 6.07 Å². The van der Waals surface area contributed by atoms with Crippen molar-refractivity contribution in [2.75, 3.05) is 6.54 Å². The van der Waals surface area contributed by atoms with E-state index in [2.05, 4.69) is 5.32 Å². The summed E-state index contributed by atoms with van der Waals surface area (Å²) in [5.74, 6) is -1.82. The second kappa shape index (κ2) is 6.26. The molecule has 0 spiro atoms. The molecule has 0 saturated carbocycles. The van der Waals surface area contributed by atoms with Gasteiger partial charge < -0.3 is 15.5 Å². The van der Waals surface area contributed by atoms with E-state index >= 15 is 0 Å². The lowest BCUT2D eigenvalue weighted by Gasteiger charge is -2.00. The molecule has 0 unspecified atom stereocenters. The standard InChI is InChI=1S/C11H12N2O5/c14-8-3-1-7(5-9(8)15)2-4-10(16)12-6-11(17)13-18/h1-5,14-15,18H,6H2,(H,12,16)(H,13,17)/b4-2+. The Bertz CT molecular complexity index is 484. The highest BCUT2D eigenvalue weighted by Crippen LogP contribution is 2.25. The van der Waals surface area contributed by atoms with Crippen LogP contribution >= 0.6 is 0 Å². The summed E-state index contributed by atoms with van der Waals surface area (Å²) >= 11 is 0. The first-order chi connectivity index (χ1) is 8.52. The molecule has 18 heavy (non-hydrogen) atoms. The van der Waals surface area contributed by atoms with Gasteiger partial charge in [-0.3, -0.25) is 14.8 Å². The topological polar surface area (TPSA) is 119 Å². The van der Waals surface area contributed by atoms with Crippen LogP contribution < -0.4 is 10.8 Å². The summed E-state index contributed by atoms with van der Waals surface area (Å²) in [5.41, 5.74) is 1.88. The molecule has 7 heteroatoms. The minimum atomic E-state index is -0.737. The molecule has 2 amide bonds. The molecule has 0 aliphatic rings. The van der Waals surface area contributed by atoms with Crippen LogP contribution in [0.4, 0.5) is 0 Å². The number of hydroxylamine groups is 1. The Labute approximate surface area is 102 Å². The maximum absolute atomic E-state index is 11.2. The zero-order valence-corrected chi connectivity index (χ0v) is 9.25. The number of nitrogens with one attached hydrogen (secondary N) is 2. The van der Waals surface area contributed by atoms with E-state index in [0.717, 1.165) is 6.08 Å². The van der Waals surface area contributed by atoms with E-state index in [1.54, 1.807) is 0 Å². The maximum Gasteiger partial charge on any atom is 0.262 e. The molecule has 0 fully saturated rings. The van der Waals surface area contributed by atoms with Crippen LogP contribution in [0.25, 0.3) is 6.08 Å². The molecule has 0 aliphatic carbocycles. The summed E-state index contributed by atoms with van der Waals surface area (Å²) in [4.78, 5) is 21.8. The summed E-state index contributed by atoms with van der Waals surface area (Å²) in [6.07, 6.45) is 2.54. The largest absolute Gasteiger partial charge is 0.504 e. The van der Waals surface area contributed by atoms with E-state index in [1.807, 2.05) is 0 Å². The number of rotatable bonds is 4. The van der Waals surface area contributed by atoms with Crippen LogP contribution in [0.5, 0.6) is 11.5 Å². The molecule has 1 rings (SSSR count). The second-order valence-electron chi connectivity index (χ2n) is 3.33. The van der Waals surface area contributed by atoms with Crippen molar-refractivity contribution in [1.82, 2.24) is 10.8 Å². The number of carbonyl (C=O) groups is 2. The lowest BCUT2D eigenvalue weighted by Crippen LogP contribution is -2.34. The third-order valence-corrected chi connectivity index (χ3v) is 1.97. The monoisotopic (exact) mass is 252 g/mol. The van der Waals surface area contributed by atoms with Gasteiger partial charge in [-0.25, -0.2) is 5.48 Å². The van der Waals surface area contributed by atoms with Crippen LogP contribution in [0.15, 0.2) is 24.3 Å². The van der Waals surface area contributed by atoms with Crippen LogP contribution in [0.1, 0.15) is 5.56 Å². The van der Waals surface area contributed by atoms with Crippen molar-refractivity contribution in [3.05, 3.63) is 29.8 Å². The highest BCUT2D eigenvalue weighted by Gasteiger charge is 2.01. The Kier molecular flexibility index (Phi) is 4.70. The molecule has 0 aromatic heterocycles. The number of benzene rings is 1. The molecule has 96 valence electrons. The van der Waals surface area contributed by atoms with Gasteiger partial charge in [0.2, 0.25) is 5.91 Å². The van der Waals surface area contributed by atoms with Crippen LogP contribution in [0.2, 0.25) is 0 Å². The van der Waals surface area contributed by atoms with Gasteiger partial charge in [0.25, 0.3) is 5.91 Å². The predicted molar refractivity (Wildman–Crippen MR) is 61.7 cm³/mol. The van der Waals surface area contributed by atoms with Crippen molar-refractivity contribution in [3.63, 3.8) is 0 Å². The number of aromatic hydroxyl groups is 2. The molecule has 1 aromatic rings. The highest BCUT2D eigenvalue weighted by atomic mass is 16.5. The molecule has 5 N–H and O–H groups in total. The number of phenolic OH excluding ortho intramolecular Hbond substituents is 2. The smallest absolute Gasteiger partial charge is 0.262 e. The van der Waals surface area contributed by atoms with Crippen molar-refractivity contribution in [2.45, 2.75) is 0 Å². The van der Waals surface area contributed by atoms with Gasteiger partial charge in [0.1, 0.15) is 0 Å². The lowest BCUT2D eigenvalue weighted by molar-refractivity contribution is -0.130. The first kappa shape index (κ1) is 13.5. The molecular formula is C11H12N2O5. The van der Waals surface area contributed by atoms with Gasteiger partial charge in [0.05, 0.1) is 6.54 Å². The minimum absolute atomic E-state index is 0.254. The highest BCUT2D eigenvalue weighted by molar-refractivity contribution is 5.94. The Morgan fingerprint density at radius 1 is 1.22 bits per heavy atom. The molecule has 7 nitrogen and oxygen atoms in total. The molecule has 0 radical (unpaired) electrons. The van der Waals surface area contributed by atoms with Gasteiger partial charge in [-0.2, -0.15) is 0 Å². The minimum Gasteiger partial charge on any atom is -0.504 e. The first-order valence-electron chi connectivity index (χ1n) is 4.93. The molecule has 0 saturated heterocycles. The Balaban J connectivity index is 2.55. The number of hydrogen-bond acceptors (Lipinski definition) is 5. The van der Waals surface area contributed by atoms with E-state index in [-0.39, 0.29) is 18.0 Å². The van der Waals surface area contributed by atoms with Gasteiger partial charge in [-0.15, -0.1) is 0 Å². The van der Waals surface area contributed by atoms with E-state index in [4.69, 9.17) is 10.3 Å². The normalized spacial score (nSPS) is 10.3. The summed E-state index contributed by atoms with van der Waals surface area (Å²) in [5, 5.41) is 28.7. The summed E-state index contributed by atoms with van der Waals surface area (Å²) in [6, 6.07) is 4.06. The van der Waals surface area contributed by atoms with Crippen LogP contribution in [0, 0.1) is 0 Å². The molecular weight excluding hydrogens is 240 g/mol. The van der Waals surface area contributed by atoms with Crippen molar-refractivity contribution >= 4 is 17.9 Å². The summed E-state index contributed by atoms with van der Waals surface area (Å²) in [7, 11) is 0. The Morgan fingerprint density at radius 2 is 1.94 bits per heavy atom. The molecule has 1 aromatic carbocycles. The number of carbonyl (C=O) groups excluding carboxylic acids is 2. The Morgan fingerprint density at radius 3 is 2.56 bits per heavy atom. The SMILES string of the molecule is O=C(/C=C/c1ccc(O)c(O)c1)NCC(=O)NO. The van der Waals surface area contributed by atoms with E-state index in [1.165, 1.54) is 29.8 Å². The molecule has 0 aliphatic heterocycles. The maximum atomic E-state index is 11.2. The van der Waals surface area contributed by atoms with Gasteiger partial charge in [0.15, 0.2) is 11.5 Å². The molecule has 0 heterocycles. The quantitative estimate of drug-likeness (QED) is 0.219. The van der Waals surface area contributed by atoms with Gasteiger partial charge in [-0.05, 0) is 23.8 Å². The van der Waals surface area contributed by atoms with Gasteiger partial charge in [0, 0.05) is 6.08 Å². The lowest BCUT2D eigenvalue weighted by atomic mass is 10.2. The fourth-order valence-corrected chi connectivity index (χ4v) is 1.08. The van der Waals surface area contributed by atoms with Crippen molar-refractivity contribution in [3.8, 4) is 11.5 Å². The first-order valence-corrected chi connectivity index (χ1v) is 4.93.